The number of anilines is 1. The van der Waals surface area contributed by atoms with E-state index < -0.39 is 0 Å². The Balaban J connectivity index is 2.14. The first kappa shape index (κ1) is 16.3. The van der Waals surface area contributed by atoms with Crippen LogP contribution in [0.5, 0.6) is 0 Å². The van der Waals surface area contributed by atoms with Crippen LogP contribution in [-0.2, 0) is 0 Å². The molecule has 0 aliphatic heterocycles. The second-order valence-electron chi connectivity index (χ2n) is 7.86. The summed E-state index contributed by atoms with van der Waals surface area (Å²) in [6.45, 7) is 11.5. The minimum absolute atomic E-state index is 0.432. The van der Waals surface area contributed by atoms with Gasteiger partial charge in [0.2, 0.25) is 0 Å². The van der Waals surface area contributed by atoms with E-state index in [9.17, 15) is 0 Å². The summed E-state index contributed by atoms with van der Waals surface area (Å²) < 4.78 is 0. The molecule has 1 heterocycles. The molecule has 1 saturated carbocycles. The summed E-state index contributed by atoms with van der Waals surface area (Å²) in [4.78, 5) is 9.56. The van der Waals surface area contributed by atoms with E-state index in [1.165, 1.54) is 25.7 Å². The Morgan fingerprint density at radius 3 is 2.19 bits per heavy atom. The number of rotatable bonds is 3. The first-order chi connectivity index (χ1) is 9.81. The molecule has 1 aromatic heterocycles. The monoisotopic (exact) mass is 289 g/mol. The van der Waals surface area contributed by atoms with Gasteiger partial charge < -0.3 is 5.32 Å². The van der Waals surface area contributed by atoms with E-state index in [-0.39, 0.29) is 0 Å². The maximum atomic E-state index is 4.84. The molecule has 0 radical (unpaired) electrons. The molecular formula is C18H31N3. The van der Waals surface area contributed by atoms with Crippen LogP contribution in [0.3, 0.4) is 0 Å². The smallest absolute Gasteiger partial charge is 0.134 e. The average molecular weight is 289 g/mol. The van der Waals surface area contributed by atoms with Crippen LogP contribution in [0.2, 0.25) is 0 Å². The van der Waals surface area contributed by atoms with Gasteiger partial charge in [-0.2, -0.15) is 0 Å². The third kappa shape index (κ3) is 3.96. The molecule has 2 rings (SSSR count). The van der Waals surface area contributed by atoms with Gasteiger partial charge in [-0.25, -0.2) is 9.97 Å². The predicted octanol–water partition coefficient (Wildman–Crippen LogP) is 4.96. The van der Waals surface area contributed by atoms with Gasteiger partial charge in [0.05, 0.1) is 0 Å². The fourth-order valence-corrected chi connectivity index (χ4v) is 3.31. The third-order valence-electron chi connectivity index (χ3n) is 4.93. The lowest BCUT2D eigenvalue weighted by Gasteiger charge is -2.36. The van der Waals surface area contributed by atoms with Crippen molar-refractivity contribution in [2.45, 2.75) is 72.1 Å². The first-order valence-corrected chi connectivity index (χ1v) is 8.38. The highest BCUT2D eigenvalue weighted by atomic mass is 15.0. The van der Waals surface area contributed by atoms with Crippen molar-refractivity contribution in [3.05, 3.63) is 17.6 Å². The molecule has 3 heteroatoms. The summed E-state index contributed by atoms with van der Waals surface area (Å²) in [5.41, 5.74) is 1.59. The minimum atomic E-state index is 0.432. The Kier molecular flexibility index (Phi) is 4.90. The molecular weight excluding hydrogens is 258 g/mol. The van der Waals surface area contributed by atoms with Crippen molar-refractivity contribution in [1.29, 1.82) is 0 Å². The van der Waals surface area contributed by atoms with E-state index in [1.807, 2.05) is 7.05 Å². The van der Waals surface area contributed by atoms with Crippen molar-refractivity contribution in [3.63, 3.8) is 0 Å². The number of hydrogen-bond donors (Lipinski definition) is 1. The summed E-state index contributed by atoms with van der Waals surface area (Å²) in [6, 6.07) is 2.08. The van der Waals surface area contributed by atoms with E-state index in [1.54, 1.807) is 0 Å². The van der Waals surface area contributed by atoms with Crippen molar-refractivity contribution in [2.24, 2.45) is 11.3 Å². The van der Waals surface area contributed by atoms with Gasteiger partial charge >= 0.3 is 0 Å². The average Bonchev–Trinajstić information content (AvgIpc) is 2.46. The van der Waals surface area contributed by atoms with Crippen molar-refractivity contribution in [1.82, 2.24) is 9.97 Å². The van der Waals surface area contributed by atoms with E-state index in [0.29, 0.717) is 17.3 Å². The molecule has 0 aromatic carbocycles. The van der Waals surface area contributed by atoms with Gasteiger partial charge in [-0.1, -0.05) is 34.6 Å². The van der Waals surface area contributed by atoms with Crippen molar-refractivity contribution < 1.29 is 0 Å². The van der Waals surface area contributed by atoms with Crippen LogP contribution in [0.25, 0.3) is 0 Å². The molecule has 0 bridgehead atoms. The maximum Gasteiger partial charge on any atom is 0.134 e. The van der Waals surface area contributed by atoms with Gasteiger partial charge in [0.25, 0.3) is 0 Å². The standard InChI is InChI=1S/C18H31N3/c1-12(2)15-11-16(19-6)21-17(20-15)13-7-9-14(10-8-13)18(3,4)5/h11-14H,7-10H2,1-6H3,(H,19,20,21). The number of aromatic nitrogens is 2. The zero-order valence-electron chi connectivity index (χ0n) is 14.5. The quantitative estimate of drug-likeness (QED) is 0.854. The molecule has 1 aliphatic carbocycles. The lowest BCUT2D eigenvalue weighted by Crippen LogP contribution is -2.26. The number of hydrogen-bond acceptors (Lipinski definition) is 3. The molecule has 1 N–H and O–H groups in total. The highest BCUT2D eigenvalue weighted by molar-refractivity contribution is 5.36. The van der Waals surface area contributed by atoms with Crippen LogP contribution in [0, 0.1) is 11.3 Å². The third-order valence-corrected chi connectivity index (χ3v) is 4.93. The van der Waals surface area contributed by atoms with Crippen LogP contribution in [0.1, 0.15) is 83.7 Å². The summed E-state index contributed by atoms with van der Waals surface area (Å²) in [5, 5.41) is 3.18. The Labute approximate surface area is 130 Å². The van der Waals surface area contributed by atoms with Gasteiger partial charge in [0.15, 0.2) is 0 Å². The van der Waals surface area contributed by atoms with Crippen LogP contribution in [-0.4, -0.2) is 17.0 Å². The SMILES string of the molecule is CNc1cc(C(C)C)nc(C2CCC(C(C)(C)C)CC2)n1. The molecule has 1 aromatic rings. The number of nitrogens with zero attached hydrogens (tertiary/aromatic N) is 2. The Hall–Kier alpha value is -1.12. The summed E-state index contributed by atoms with van der Waals surface area (Å²) in [7, 11) is 1.94. The molecule has 3 nitrogen and oxygen atoms in total. The van der Waals surface area contributed by atoms with Gasteiger partial charge in [-0.15, -0.1) is 0 Å². The summed E-state index contributed by atoms with van der Waals surface area (Å²) >= 11 is 0. The fraction of sp³-hybridized carbons (Fsp3) is 0.778. The Bertz CT molecular complexity index is 466. The van der Waals surface area contributed by atoms with Crippen LogP contribution < -0.4 is 5.32 Å². The normalized spacial score (nSPS) is 23.4. The molecule has 0 atom stereocenters. The predicted molar refractivity (Wildman–Crippen MR) is 89.8 cm³/mol. The maximum absolute atomic E-state index is 4.84. The van der Waals surface area contributed by atoms with Gasteiger partial charge in [0, 0.05) is 24.7 Å². The molecule has 0 amide bonds. The van der Waals surface area contributed by atoms with Crippen molar-refractivity contribution in [3.8, 4) is 0 Å². The van der Waals surface area contributed by atoms with Crippen molar-refractivity contribution >= 4 is 5.82 Å². The lowest BCUT2D eigenvalue weighted by molar-refractivity contribution is 0.167. The zero-order valence-corrected chi connectivity index (χ0v) is 14.5. The first-order valence-electron chi connectivity index (χ1n) is 8.38. The molecule has 21 heavy (non-hydrogen) atoms. The van der Waals surface area contributed by atoms with E-state index in [4.69, 9.17) is 9.97 Å². The second-order valence-corrected chi connectivity index (χ2v) is 7.86. The van der Waals surface area contributed by atoms with E-state index >= 15 is 0 Å². The fourth-order valence-electron chi connectivity index (χ4n) is 3.31. The highest BCUT2D eigenvalue weighted by Crippen LogP contribution is 2.42. The number of nitrogens with one attached hydrogen (secondary N) is 1. The molecule has 0 saturated heterocycles. The van der Waals surface area contributed by atoms with E-state index in [2.05, 4.69) is 46.0 Å². The molecule has 0 unspecified atom stereocenters. The topological polar surface area (TPSA) is 37.8 Å². The second kappa shape index (κ2) is 6.33. The largest absolute Gasteiger partial charge is 0.373 e. The molecule has 1 fully saturated rings. The molecule has 0 spiro atoms. The minimum Gasteiger partial charge on any atom is -0.373 e. The summed E-state index contributed by atoms with van der Waals surface area (Å²) in [5.74, 6) is 3.84. The Morgan fingerprint density at radius 2 is 1.71 bits per heavy atom. The zero-order chi connectivity index (χ0) is 15.6. The molecule has 118 valence electrons. The molecule has 1 aliphatic rings. The van der Waals surface area contributed by atoms with Crippen LogP contribution in [0.15, 0.2) is 6.07 Å². The summed E-state index contributed by atoms with van der Waals surface area (Å²) in [6.07, 6.45) is 5.07. The lowest BCUT2D eigenvalue weighted by atomic mass is 9.69. The van der Waals surface area contributed by atoms with Gasteiger partial charge in [-0.3, -0.25) is 0 Å². The Morgan fingerprint density at radius 1 is 1.10 bits per heavy atom. The van der Waals surface area contributed by atoms with E-state index in [0.717, 1.165) is 23.3 Å². The van der Waals surface area contributed by atoms with Crippen LogP contribution >= 0.6 is 0 Å². The van der Waals surface area contributed by atoms with Crippen LogP contribution in [0.4, 0.5) is 5.82 Å². The van der Waals surface area contributed by atoms with Gasteiger partial charge in [-0.05, 0) is 42.9 Å². The van der Waals surface area contributed by atoms with Gasteiger partial charge in [0.1, 0.15) is 11.6 Å². The highest BCUT2D eigenvalue weighted by Gasteiger charge is 2.31. The van der Waals surface area contributed by atoms with Crippen molar-refractivity contribution in [2.75, 3.05) is 12.4 Å².